The molecule has 0 spiro atoms. The number of carbonyl (C=O) groups is 1. The molecule has 4 heteroatoms. The van der Waals surface area contributed by atoms with Gasteiger partial charge in [-0.2, -0.15) is 0 Å². The highest BCUT2D eigenvalue weighted by atomic mass is 16.2. The fraction of sp³-hybridized carbons (Fsp3) is 0.435. The molecule has 1 fully saturated rings. The van der Waals surface area contributed by atoms with Crippen LogP contribution in [0.2, 0.25) is 0 Å². The van der Waals surface area contributed by atoms with Crippen LogP contribution in [0.3, 0.4) is 0 Å². The predicted molar refractivity (Wildman–Crippen MR) is 112 cm³/mol. The Balaban J connectivity index is 1.50. The molecule has 2 aromatic rings. The van der Waals surface area contributed by atoms with Crippen molar-refractivity contribution in [2.24, 2.45) is 0 Å². The Kier molecular flexibility index (Phi) is 6.51. The van der Waals surface area contributed by atoms with Crippen LogP contribution in [0.5, 0.6) is 0 Å². The lowest BCUT2D eigenvalue weighted by molar-refractivity contribution is -0.123. The summed E-state index contributed by atoms with van der Waals surface area (Å²) in [7, 11) is 0. The van der Waals surface area contributed by atoms with Crippen LogP contribution in [0.25, 0.3) is 0 Å². The number of rotatable bonds is 6. The van der Waals surface area contributed by atoms with Crippen molar-refractivity contribution >= 4 is 11.6 Å². The summed E-state index contributed by atoms with van der Waals surface area (Å²) in [5.41, 5.74) is 5.05. The van der Waals surface area contributed by atoms with E-state index in [9.17, 15) is 4.79 Å². The number of nitrogens with zero attached hydrogens (tertiary/aromatic N) is 2. The highest BCUT2D eigenvalue weighted by Crippen LogP contribution is 2.21. The number of hydrogen-bond donors (Lipinski definition) is 1. The molecule has 1 saturated heterocycles. The fourth-order valence-electron chi connectivity index (χ4n) is 3.73. The van der Waals surface area contributed by atoms with Crippen LogP contribution in [-0.4, -0.2) is 43.5 Å². The summed E-state index contributed by atoms with van der Waals surface area (Å²) in [5.74, 6) is 0.117. The van der Waals surface area contributed by atoms with Crippen molar-refractivity contribution < 1.29 is 4.79 Å². The van der Waals surface area contributed by atoms with Gasteiger partial charge < -0.3 is 10.2 Å². The van der Waals surface area contributed by atoms with Crippen LogP contribution >= 0.6 is 0 Å². The lowest BCUT2D eigenvalue weighted by Gasteiger charge is -2.36. The maximum absolute atomic E-state index is 12.6. The van der Waals surface area contributed by atoms with Crippen molar-refractivity contribution in [3.05, 3.63) is 65.2 Å². The van der Waals surface area contributed by atoms with Gasteiger partial charge in [0.1, 0.15) is 0 Å². The second-order valence-corrected chi connectivity index (χ2v) is 7.49. The Morgan fingerprint density at radius 1 is 1.00 bits per heavy atom. The predicted octanol–water partition coefficient (Wildman–Crippen LogP) is 3.69. The van der Waals surface area contributed by atoms with E-state index in [4.69, 9.17) is 0 Å². The van der Waals surface area contributed by atoms with Gasteiger partial charge in [-0.1, -0.05) is 55.0 Å². The van der Waals surface area contributed by atoms with Gasteiger partial charge >= 0.3 is 0 Å². The molecule has 1 aliphatic rings. The topological polar surface area (TPSA) is 35.6 Å². The second kappa shape index (κ2) is 9.05. The van der Waals surface area contributed by atoms with E-state index in [1.165, 1.54) is 22.4 Å². The van der Waals surface area contributed by atoms with Crippen LogP contribution in [0, 0.1) is 13.8 Å². The van der Waals surface area contributed by atoms with Crippen molar-refractivity contribution in [1.29, 1.82) is 0 Å². The minimum absolute atomic E-state index is 0.0892. The van der Waals surface area contributed by atoms with Crippen LogP contribution in [0.15, 0.2) is 48.5 Å². The Bertz CT molecular complexity index is 748. The summed E-state index contributed by atoms with van der Waals surface area (Å²) in [6, 6.07) is 17.1. The number of hydrogen-bond acceptors (Lipinski definition) is 3. The van der Waals surface area contributed by atoms with Gasteiger partial charge in [-0.3, -0.25) is 9.69 Å². The van der Waals surface area contributed by atoms with Gasteiger partial charge in [0, 0.05) is 31.9 Å². The van der Waals surface area contributed by atoms with Gasteiger partial charge in [-0.15, -0.1) is 0 Å². The molecule has 1 N–H and O–H groups in total. The molecule has 4 nitrogen and oxygen atoms in total. The van der Waals surface area contributed by atoms with Crippen LogP contribution in [0.4, 0.5) is 5.69 Å². The molecule has 1 amide bonds. The Hall–Kier alpha value is -2.33. The van der Waals surface area contributed by atoms with Crippen LogP contribution < -0.4 is 10.2 Å². The summed E-state index contributed by atoms with van der Waals surface area (Å²) in [4.78, 5) is 17.2. The number of carbonyl (C=O) groups excluding carboxylic acids is 1. The Labute approximate surface area is 163 Å². The summed E-state index contributed by atoms with van der Waals surface area (Å²) in [6.45, 7) is 10.6. The third-order valence-electron chi connectivity index (χ3n) is 5.42. The summed E-state index contributed by atoms with van der Waals surface area (Å²) < 4.78 is 0. The third kappa shape index (κ3) is 5.10. The number of nitrogens with one attached hydrogen (secondary N) is 1. The summed E-state index contributed by atoms with van der Waals surface area (Å²) in [5, 5.41) is 3.21. The van der Waals surface area contributed by atoms with E-state index in [-0.39, 0.29) is 11.9 Å². The maximum atomic E-state index is 12.6. The van der Waals surface area contributed by atoms with Crippen LogP contribution in [-0.2, 0) is 4.79 Å². The van der Waals surface area contributed by atoms with E-state index in [2.05, 4.69) is 84.4 Å². The molecule has 1 aliphatic heterocycles. The average Bonchev–Trinajstić information content (AvgIpc) is 2.68. The van der Waals surface area contributed by atoms with Gasteiger partial charge in [0.2, 0.25) is 5.91 Å². The highest BCUT2D eigenvalue weighted by Gasteiger charge is 2.21. The van der Waals surface area contributed by atoms with Crippen LogP contribution in [0.1, 0.15) is 36.1 Å². The number of aryl methyl sites for hydroxylation is 2. The van der Waals surface area contributed by atoms with Gasteiger partial charge in [-0.25, -0.2) is 0 Å². The number of anilines is 1. The SMILES string of the molecule is CC[C@H](NC(=O)CN1CCN(c2ccccc2C)CC1)c1ccc(C)cc1. The first kappa shape index (κ1) is 19.4. The monoisotopic (exact) mass is 365 g/mol. The Morgan fingerprint density at radius 2 is 1.67 bits per heavy atom. The minimum atomic E-state index is 0.0892. The Morgan fingerprint density at radius 3 is 2.30 bits per heavy atom. The molecule has 2 aromatic carbocycles. The largest absolute Gasteiger partial charge is 0.369 e. The lowest BCUT2D eigenvalue weighted by Crippen LogP contribution is -2.50. The van der Waals surface area contributed by atoms with E-state index >= 15 is 0 Å². The second-order valence-electron chi connectivity index (χ2n) is 7.49. The minimum Gasteiger partial charge on any atom is -0.369 e. The molecule has 27 heavy (non-hydrogen) atoms. The van der Waals surface area contributed by atoms with E-state index < -0.39 is 0 Å². The fourth-order valence-corrected chi connectivity index (χ4v) is 3.73. The van der Waals surface area contributed by atoms with E-state index in [0.717, 1.165) is 32.6 Å². The maximum Gasteiger partial charge on any atom is 0.234 e. The van der Waals surface area contributed by atoms with E-state index in [0.29, 0.717) is 6.54 Å². The summed E-state index contributed by atoms with van der Waals surface area (Å²) >= 11 is 0. The van der Waals surface area contributed by atoms with Gasteiger partial charge in [0.15, 0.2) is 0 Å². The zero-order chi connectivity index (χ0) is 19.2. The first-order chi connectivity index (χ1) is 13.1. The van der Waals surface area contributed by atoms with Gasteiger partial charge in [0.25, 0.3) is 0 Å². The van der Waals surface area contributed by atoms with Gasteiger partial charge in [0.05, 0.1) is 12.6 Å². The molecular weight excluding hydrogens is 334 g/mol. The number of benzene rings is 2. The quantitative estimate of drug-likeness (QED) is 0.848. The average molecular weight is 366 g/mol. The smallest absolute Gasteiger partial charge is 0.234 e. The molecule has 0 unspecified atom stereocenters. The van der Waals surface area contributed by atoms with Crippen molar-refractivity contribution in [3.8, 4) is 0 Å². The molecule has 3 rings (SSSR count). The number of piperazine rings is 1. The standard InChI is InChI=1S/C23H31N3O/c1-4-21(20-11-9-18(2)10-12-20)24-23(27)17-25-13-15-26(16-14-25)22-8-6-5-7-19(22)3/h5-12,21H,4,13-17H2,1-3H3,(H,24,27)/t21-/m0/s1. The molecule has 1 atom stereocenters. The van der Waals surface area contributed by atoms with Crippen molar-refractivity contribution in [2.45, 2.75) is 33.2 Å². The lowest BCUT2D eigenvalue weighted by atomic mass is 10.0. The molecule has 0 aromatic heterocycles. The van der Waals surface area contributed by atoms with Gasteiger partial charge in [-0.05, 0) is 37.5 Å². The molecule has 1 heterocycles. The number of para-hydroxylation sites is 1. The third-order valence-corrected chi connectivity index (χ3v) is 5.42. The number of amides is 1. The molecule has 0 aliphatic carbocycles. The van der Waals surface area contributed by atoms with Crippen molar-refractivity contribution in [1.82, 2.24) is 10.2 Å². The molecule has 0 bridgehead atoms. The zero-order valence-electron chi connectivity index (χ0n) is 16.7. The summed E-state index contributed by atoms with van der Waals surface area (Å²) in [6.07, 6.45) is 0.899. The first-order valence-electron chi connectivity index (χ1n) is 9.95. The van der Waals surface area contributed by atoms with E-state index in [1.807, 2.05) is 0 Å². The first-order valence-corrected chi connectivity index (χ1v) is 9.95. The van der Waals surface area contributed by atoms with E-state index in [1.54, 1.807) is 0 Å². The molecule has 0 radical (unpaired) electrons. The highest BCUT2D eigenvalue weighted by molar-refractivity contribution is 5.78. The molecule has 0 saturated carbocycles. The molecule has 144 valence electrons. The zero-order valence-corrected chi connectivity index (χ0v) is 16.7. The molecular formula is C23H31N3O. The van der Waals surface area contributed by atoms with Crippen molar-refractivity contribution in [3.63, 3.8) is 0 Å². The normalized spacial score (nSPS) is 16.2. The van der Waals surface area contributed by atoms with Crippen molar-refractivity contribution in [2.75, 3.05) is 37.6 Å².